The summed E-state index contributed by atoms with van der Waals surface area (Å²) >= 11 is 0. The van der Waals surface area contributed by atoms with Crippen molar-refractivity contribution in [1.29, 1.82) is 0 Å². The lowest BCUT2D eigenvalue weighted by molar-refractivity contribution is -0.120. The summed E-state index contributed by atoms with van der Waals surface area (Å²) in [6.07, 6.45) is 5.42. The van der Waals surface area contributed by atoms with Crippen LogP contribution in [0.1, 0.15) is 11.1 Å². The number of aryl methyl sites for hydroxylation is 1. The van der Waals surface area contributed by atoms with Gasteiger partial charge in [0.25, 0.3) is 0 Å². The molecule has 0 unspecified atom stereocenters. The van der Waals surface area contributed by atoms with Crippen molar-refractivity contribution in [2.24, 2.45) is 0 Å². The van der Waals surface area contributed by atoms with Crippen LogP contribution in [-0.4, -0.2) is 12.5 Å². The van der Waals surface area contributed by atoms with Gasteiger partial charge in [-0.15, -0.1) is 6.42 Å². The number of terminal acetylenes is 1. The van der Waals surface area contributed by atoms with E-state index in [9.17, 15) is 4.79 Å². The second kappa shape index (κ2) is 5.08. The normalized spacial score (nSPS) is 9.14. The fourth-order valence-electron chi connectivity index (χ4n) is 1.22. The second-order valence-electron chi connectivity index (χ2n) is 3.15. The van der Waals surface area contributed by atoms with Crippen molar-refractivity contribution < 1.29 is 4.79 Å². The van der Waals surface area contributed by atoms with Crippen molar-refractivity contribution in [3.05, 3.63) is 35.4 Å². The van der Waals surface area contributed by atoms with E-state index in [0.29, 0.717) is 13.0 Å². The number of hydrogen-bond donors (Lipinski definition) is 1. The summed E-state index contributed by atoms with van der Waals surface area (Å²) in [6, 6.07) is 7.87. The minimum Gasteiger partial charge on any atom is -0.345 e. The van der Waals surface area contributed by atoms with Gasteiger partial charge in [-0.25, -0.2) is 0 Å². The lowest BCUT2D eigenvalue weighted by atomic mass is 10.1. The molecule has 2 nitrogen and oxygen atoms in total. The summed E-state index contributed by atoms with van der Waals surface area (Å²) < 4.78 is 0. The molecule has 1 aromatic carbocycles. The zero-order chi connectivity index (χ0) is 10.4. The quantitative estimate of drug-likeness (QED) is 0.710. The number of benzene rings is 1. The van der Waals surface area contributed by atoms with E-state index in [0.717, 1.165) is 11.1 Å². The van der Waals surface area contributed by atoms with Gasteiger partial charge in [-0.2, -0.15) is 0 Å². The predicted octanol–water partition coefficient (Wildman–Crippen LogP) is 1.29. The molecule has 1 aromatic rings. The van der Waals surface area contributed by atoms with Gasteiger partial charge in [0.05, 0.1) is 13.0 Å². The molecular weight excluding hydrogens is 174 g/mol. The highest BCUT2D eigenvalue weighted by Gasteiger charge is 2.01. The molecule has 0 saturated heterocycles. The maximum Gasteiger partial charge on any atom is 0.225 e. The van der Waals surface area contributed by atoms with E-state index in [1.54, 1.807) is 0 Å². The van der Waals surface area contributed by atoms with E-state index in [-0.39, 0.29) is 5.91 Å². The molecule has 0 fully saturated rings. The average molecular weight is 187 g/mol. The van der Waals surface area contributed by atoms with Crippen LogP contribution in [0.2, 0.25) is 0 Å². The van der Waals surface area contributed by atoms with Crippen LogP contribution in [-0.2, 0) is 11.2 Å². The summed E-state index contributed by atoms with van der Waals surface area (Å²) in [5.41, 5.74) is 2.17. The number of nitrogens with one attached hydrogen (secondary N) is 1. The summed E-state index contributed by atoms with van der Waals surface area (Å²) in [6.45, 7) is 2.30. The first kappa shape index (κ1) is 10.3. The Morgan fingerprint density at radius 3 is 3.00 bits per heavy atom. The molecule has 0 aliphatic heterocycles. The van der Waals surface area contributed by atoms with Gasteiger partial charge in [0.1, 0.15) is 0 Å². The Balaban J connectivity index is 2.53. The van der Waals surface area contributed by atoms with Crippen LogP contribution in [0.5, 0.6) is 0 Å². The van der Waals surface area contributed by atoms with Gasteiger partial charge in [0.2, 0.25) is 5.91 Å². The number of rotatable bonds is 3. The Labute approximate surface area is 84.3 Å². The predicted molar refractivity (Wildman–Crippen MR) is 56.7 cm³/mol. The van der Waals surface area contributed by atoms with Crippen LogP contribution >= 0.6 is 0 Å². The molecule has 0 aromatic heterocycles. The Morgan fingerprint density at radius 2 is 2.36 bits per heavy atom. The summed E-state index contributed by atoms with van der Waals surface area (Å²) in [4.78, 5) is 11.3. The number of hydrogen-bond acceptors (Lipinski definition) is 1. The first-order valence-corrected chi connectivity index (χ1v) is 4.48. The maximum absolute atomic E-state index is 11.3. The Kier molecular flexibility index (Phi) is 3.75. The van der Waals surface area contributed by atoms with Crippen molar-refractivity contribution in [2.75, 3.05) is 6.54 Å². The summed E-state index contributed by atoms with van der Waals surface area (Å²) in [7, 11) is 0. The molecule has 0 atom stereocenters. The van der Waals surface area contributed by atoms with E-state index in [1.807, 2.05) is 31.2 Å². The van der Waals surface area contributed by atoms with Gasteiger partial charge in [-0.05, 0) is 12.5 Å². The van der Waals surface area contributed by atoms with Crippen molar-refractivity contribution in [3.8, 4) is 12.3 Å². The lowest BCUT2D eigenvalue weighted by Crippen LogP contribution is -2.25. The van der Waals surface area contributed by atoms with Crippen molar-refractivity contribution >= 4 is 5.91 Å². The molecule has 0 spiro atoms. The SMILES string of the molecule is C#CCNC(=O)Cc1cccc(C)c1. The third kappa shape index (κ3) is 3.32. The molecule has 2 heteroatoms. The third-order valence-electron chi connectivity index (χ3n) is 1.83. The molecule has 0 saturated carbocycles. The van der Waals surface area contributed by atoms with E-state index >= 15 is 0 Å². The fraction of sp³-hybridized carbons (Fsp3) is 0.250. The minimum atomic E-state index is -0.0337. The number of amides is 1. The van der Waals surface area contributed by atoms with Gasteiger partial charge in [0.15, 0.2) is 0 Å². The molecule has 14 heavy (non-hydrogen) atoms. The van der Waals surface area contributed by atoms with Crippen LogP contribution in [0.3, 0.4) is 0 Å². The van der Waals surface area contributed by atoms with E-state index in [1.165, 1.54) is 0 Å². The van der Waals surface area contributed by atoms with E-state index < -0.39 is 0 Å². The smallest absolute Gasteiger partial charge is 0.225 e. The maximum atomic E-state index is 11.3. The molecular formula is C12H13NO. The molecule has 1 rings (SSSR count). The number of carbonyl (C=O) groups is 1. The molecule has 0 aliphatic carbocycles. The van der Waals surface area contributed by atoms with Crippen LogP contribution in [0, 0.1) is 19.3 Å². The Bertz CT molecular complexity index is 363. The molecule has 0 radical (unpaired) electrons. The highest BCUT2D eigenvalue weighted by molar-refractivity contribution is 5.78. The summed E-state index contributed by atoms with van der Waals surface area (Å²) in [5.74, 6) is 2.33. The molecule has 0 bridgehead atoms. The molecule has 1 N–H and O–H groups in total. The van der Waals surface area contributed by atoms with Crippen LogP contribution in [0.15, 0.2) is 24.3 Å². The van der Waals surface area contributed by atoms with Crippen LogP contribution < -0.4 is 5.32 Å². The van der Waals surface area contributed by atoms with Gasteiger partial charge in [-0.1, -0.05) is 35.7 Å². The Hall–Kier alpha value is -1.75. The zero-order valence-electron chi connectivity index (χ0n) is 8.21. The highest BCUT2D eigenvalue weighted by atomic mass is 16.1. The van der Waals surface area contributed by atoms with Gasteiger partial charge in [0, 0.05) is 0 Å². The average Bonchev–Trinajstić information content (AvgIpc) is 2.15. The topological polar surface area (TPSA) is 29.1 Å². The van der Waals surface area contributed by atoms with Gasteiger partial charge < -0.3 is 5.32 Å². The Morgan fingerprint density at radius 1 is 1.57 bits per heavy atom. The minimum absolute atomic E-state index is 0.0337. The molecule has 72 valence electrons. The fourth-order valence-corrected chi connectivity index (χ4v) is 1.22. The molecule has 1 amide bonds. The van der Waals surface area contributed by atoms with E-state index in [2.05, 4.69) is 11.2 Å². The monoisotopic (exact) mass is 187 g/mol. The third-order valence-corrected chi connectivity index (χ3v) is 1.83. The van der Waals surface area contributed by atoms with Crippen molar-refractivity contribution in [1.82, 2.24) is 5.32 Å². The van der Waals surface area contributed by atoms with Crippen molar-refractivity contribution in [3.63, 3.8) is 0 Å². The second-order valence-corrected chi connectivity index (χ2v) is 3.15. The van der Waals surface area contributed by atoms with E-state index in [4.69, 9.17) is 6.42 Å². The molecule has 0 aliphatic rings. The standard InChI is InChI=1S/C12H13NO/c1-3-7-13-12(14)9-11-6-4-5-10(2)8-11/h1,4-6,8H,7,9H2,2H3,(H,13,14). The van der Waals surface area contributed by atoms with Crippen LogP contribution in [0.25, 0.3) is 0 Å². The first-order valence-electron chi connectivity index (χ1n) is 4.48. The van der Waals surface area contributed by atoms with Crippen LogP contribution in [0.4, 0.5) is 0 Å². The highest BCUT2D eigenvalue weighted by Crippen LogP contribution is 2.04. The lowest BCUT2D eigenvalue weighted by Gasteiger charge is -2.02. The zero-order valence-corrected chi connectivity index (χ0v) is 8.21. The van der Waals surface area contributed by atoms with Gasteiger partial charge in [-0.3, -0.25) is 4.79 Å². The molecule has 0 heterocycles. The summed E-state index contributed by atoms with van der Waals surface area (Å²) in [5, 5.41) is 2.63. The number of carbonyl (C=O) groups excluding carboxylic acids is 1. The van der Waals surface area contributed by atoms with Crippen molar-refractivity contribution in [2.45, 2.75) is 13.3 Å². The van der Waals surface area contributed by atoms with Gasteiger partial charge >= 0.3 is 0 Å². The largest absolute Gasteiger partial charge is 0.345 e. The first-order chi connectivity index (χ1) is 6.72.